The smallest absolute Gasteiger partial charge is 0.223 e. The number of anilines is 3. The SMILES string of the molecule is Nc1nc(Nc2ccc(F)cc2Br)c2ccsc2n1. The lowest BCUT2D eigenvalue weighted by atomic mass is 10.3. The van der Waals surface area contributed by atoms with E-state index in [-0.39, 0.29) is 11.8 Å². The van der Waals surface area contributed by atoms with E-state index in [9.17, 15) is 4.39 Å². The van der Waals surface area contributed by atoms with Crippen LogP contribution in [-0.4, -0.2) is 9.97 Å². The minimum absolute atomic E-state index is 0.204. The van der Waals surface area contributed by atoms with Crippen LogP contribution in [0.25, 0.3) is 10.2 Å². The van der Waals surface area contributed by atoms with E-state index in [2.05, 4.69) is 31.2 Å². The number of hydrogen-bond acceptors (Lipinski definition) is 5. The maximum absolute atomic E-state index is 13.1. The van der Waals surface area contributed by atoms with Crippen molar-refractivity contribution >= 4 is 54.9 Å². The summed E-state index contributed by atoms with van der Waals surface area (Å²) >= 11 is 4.79. The second-order valence-corrected chi connectivity index (χ2v) is 5.57. The molecule has 0 saturated carbocycles. The van der Waals surface area contributed by atoms with Gasteiger partial charge in [-0.05, 0) is 45.6 Å². The minimum Gasteiger partial charge on any atom is -0.368 e. The molecule has 0 unspecified atom stereocenters. The first-order chi connectivity index (χ1) is 9.13. The molecule has 3 rings (SSSR count). The van der Waals surface area contributed by atoms with Crippen LogP contribution in [0.2, 0.25) is 0 Å². The van der Waals surface area contributed by atoms with Crippen LogP contribution in [0.15, 0.2) is 34.1 Å². The van der Waals surface area contributed by atoms with Gasteiger partial charge in [-0.3, -0.25) is 0 Å². The molecular weight excluding hydrogens is 331 g/mol. The van der Waals surface area contributed by atoms with Crippen molar-refractivity contribution in [2.24, 2.45) is 0 Å². The number of nitrogens with two attached hydrogens (primary N) is 1. The summed E-state index contributed by atoms with van der Waals surface area (Å²) in [5.74, 6) is 0.507. The Balaban J connectivity index is 2.07. The second kappa shape index (κ2) is 4.75. The van der Waals surface area contributed by atoms with Gasteiger partial charge >= 0.3 is 0 Å². The molecule has 2 heterocycles. The molecule has 0 atom stereocenters. The van der Waals surface area contributed by atoms with Crippen LogP contribution >= 0.6 is 27.3 Å². The molecule has 0 amide bonds. The van der Waals surface area contributed by atoms with Crippen LogP contribution in [0.3, 0.4) is 0 Å². The number of nitrogens with zero attached hydrogens (tertiary/aromatic N) is 2. The zero-order valence-corrected chi connectivity index (χ0v) is 11.9. The summed E-state index contributed by atoms with van der Waals surface area (Å²) in [5, 5.41) is 5.94. The first-order valence-electron chi connectivity index (χ1n) is 5.36. The predicted molar refractivity (Wildman–Crippen MR) is 79.2 cm³/mol. The summed E-state index contributed by atoms with van der Waals surface area (Å²) in [5.41, 5.74) is 6.39. The van der Waals surface area contributed by atoms with Gasteiger partial charge in [0.15, 0.2) is 0 Å². The van der Waals surface area contributed by atoms with E-state index in [1.165, 1.54) is 23.5 Å². The molecule has 3 N–H and O–H groups in total. The summed E-state index contributed by atoms with van der Waals surface area (Å²) in [6, 6.07) is 6.31. The summed E-state index contributed by atoms with van der Waals surface area (Å²) in [7, 11) is 0. The predicted octanol–water partition coefficient (Wildman–Crippen LogP) is 3.92. The highest BCUT2D eigenvalue weighted by Gasteiger charge is 2.09. The largest absolute Gasteiger partial charge is 0.368 e. The zero-order valence-electron chi connectivity index (χ0n) is 9.52. The topological polar surface area (TPSA) is 63.8 Å². The van der Waals surface area contributed by atoms with Gasteiger partial charge in [-0.1, -0.05) is 0 Å². The van der Waals surface area contributed by atoms with E-state index in [4.69, 9.17) is 5.73 Å². The lowest BCUT2D eigenvalue weighted by Gasteiger charge is -2.09. The van der Waals surface area contributed by atoms with Gasteiger partial charge in [-0.15, -0.1) is 11.3 Å². The van der Waals surface area contributed by atoms with Crippen molar-refractivity contribution in [2.75, 3.05) is 11.1 Å². The Morgan fingerprint density at radius 2 is 2.11 bits per heavy atom. The molecule has 0 radical (unpaired) electrons. The molecule has 3 aromatic rings. The van der Waals surface area contributed by atoms with Crippen LogP contribution in [-0.2, 0) is 0 Å². The average molecular weight is 339 g/mol. The van der Waals surface area contributed by atoms with Gasteiger partial charge in [0, 0.05) is 4.47 Å². The van der Waals surface area contributed by atoms with Crippen molar-refractivity contribution in [1.29, 1.82) is 0 Å². The van der Waals surface area contributed by atoms with Gasteiger partial charge in [-0.25, -0.2) is 9.37 Å². The zero-order chi connectivity index (χ0) is 13.4. The number of thiophene rings is 1. The molecule has 0 aliphatic carbocycles. The number of halogens is 2. The average Bonchev–Trinajstić information content (AvgIpc) is 2.80. The second-order valence-electron chi connectivity index (χ2n) is 3.82. The molecule has 96 valence electrons. The third-order valence-electron chi connectivity index (χ3n) is 2.53. The number of nitrogens with one attached hydrogen (secondary N) is 1. The van der Waals surface area contributed by atoms with Crippen molar-refractivity contribution in [3.05, 3.63) is 39.9 Å². The molecule has 0 fully saturated rings. The minimum atomic E-state index is -0.305. The van der Waals surface area contributed by atoms with Crippen LogP contribution in [0.4, 0.5) is 21.8 Å². The van der Waals surface area contributed by atoms with Gasteiger partial charge in [0.2, 0.25) is 5.95 Å². The number of benzene rings is 1. The lowest BCUT2D eigenvalue weighted by molar-refractivity contribution is 0.627. The number of fused-ring (bicyclic) bond motifs is 1. The Morgan fingerprint density at radius 1 is 1.26 bits per heavy atom. The fourth-order valence-corrected chi connectivity index (χ4v) is 2.91. The van der Waals surface area contributed by atoms with E-state index < -0.39 is 0 Å². The fraction of sp³-hybridized carbons (Fsp3) is 0. The van der Waals surface area contributed by atoms with Gasteiger partial charge in [0.25, 0.3) is 0 Å². The van der Waals surface area contributed by atoms with Crippen molar-refractivity contribution in [2.45, 2.75) is 0 Å². The van der Waals surface area contributed by atoms with Gasteiger partial charge in [0.05, 0.1) is 11.1 Å². The van der Waals surface area contributed by atoms with Crippen LogP contribution < -0.4 is 11.1 Å². The molecule has 0 spiro atoms. The number of nitrogen functional groups attached to an aromatic ring is 1. The normalized spacial score (nSPS) is 10.8. The van der Waals surface area contributed by atoms with Gasteiger partial charge in [0.1, 0.15) is 16.5 Å². The maximum Gasteiger partial charge on any atom is 0.223 e. The van der Waals surface area contributed by atoms with Crippen molar-refractivity contribution in [3.63, 3.8) is 0 Å². The Kier molecular flexibility index (Phi) is 3.08. The Hall–Kier alpha value is -1.73. The van der Waals surface area contributed by atoms with Crippen LogP contribution in [0.5, 0.6) is 0 Å². The number of aromatic nitrogens is 2. The van der Waals surface area contributed by atoms with E-state index in [1.54, 1.807) is 6.07 Å². The molecular formula is C12H8BrFN4S. The van der Waals surface area contributed by atoms with Gasteiger partial charge < -0.3 is 11.1 Å². The van der Waals surface area contributed by atoms with Crippen molar-refractivity contribution < 1.29 is 4.39 Å². The van der Waals surface area contributed by atoms with E-state index >= 15 is 0 Å². The quantitative estimate of drug-likeness (QED) is 0.743. The Bertz CT molecular complexity index is 759. The molecule has 0 bridgehead atoms. The fourth-order valence-electron chi connectivity index (χ4n) is 1.69. The highest BCUT2D eigenvalue weighted by molar-refractivity contribution is 9.10. The van der Waals surface area contributed by atoms with E-state index in [0.29, 0.717) is 16.0 Å². The maximum atomic E-state index is 13.1. The Labute approximate surface area is 120 Å². The molecule has 2 aromatic heterocycles. The first-order valence-corrected chi connectivity index (χ1v) is 7.03. The van der Waals surface area contributed by atoms with Crippen molar-refractivity contribution in [3.8, 4) is 0 Å². The van der Waals surface area contributed by atoms with Gasteiger partial charge in [-0.2, -0.15) is 4.98 Å². The molecule has 0 aliphatic heterocycles. The monoisotopic (exact) mass is 338 g/mol. The highest BCUT2D eigenvalue weighted by atomic mass is 79.9. The third kappa shape index (κ3) is 2.39. The molecule has 19 heavy (non-hydrogen) atoms. The third-order valence-corrected chi connectivity index (χ3v) is 3.99. The van der Waals surface area contributed by atoms with Crippen LogP contribution in [0, 0.1) is 5.82 Å². The standard InChI is InChI=1S/C12H8BrFN4S/c13-8-5-6(14)1-2-9(8)16-10-7-3-4-19-11(7)18-12(15)17-10/h1-5H,(H3,15,16,17,18). The summed E-state index contributed by atoms with van der Waals surface area (Å²) in [4.78, 5) is 9.14. The first kappa shape index (κ1) is 12.3. The highest BCUT2D eigenvalue weighted by Crippen LogP contribution is 2.31. The molecule has 0 saturated heterocycles. The molecule has 7 heteroatoms. The summed E-state index contributed by atoms with van der Waals surface area (Å²) in [6.45, 7) is 0. The van der Waals surface area contributed by atoms with E-state index in [1.807, 2.05) is 11.4 Å². The lowest BCUT2D eigenvalue weighted by Crippen LogP contribution is -2.00. The van der Waals surface area contributed by atoms with Crippen LogP contribution in [0.1, 0.15) is 0 Å². The molecule has 4 nitrogen and oxygen atoms in total. The summed E-state index contributed by atoms with van der Waals surface area (Å²) in [6.07, 6.45) is 0. The molecule has 1 aromatic carbocycles. The number of hydrogen-bond donors (Lipinski definition) is 2. The Morgan fingerprint density at radius 3 is 2.89 bits per heavy atom. The van der Waals surface area contributed by atoms with Crippen molar-refractivity contribution in [1.82, 2.24) is 9.97 Å². The number of rotatable bonds is 2. The summed E-state index contributed by atoms with van der Waals surface area (Å²) < 4.78 is 13.7. The van der Waals surface area contributed by atoms with E-state index in [0.717, 1.165) is 10.2 Å². The molecule has 0 aliphatic rings.